The average molecular weight is 462 g/mol. The SMILES string of the molecule is Cc1noc(-c2cccc([C@@H]3CN(c4nc(-c5ccncc5F)cc(=O)n4C)CCCO3)c2)n1. The van der Waals surface area contributed by atoms with E-state index in [-0.39, 0.29) is 22.9 Å². The summed E-state index contributed by atoms with van der Waals surface area (Å²) in [7, 11) is 1.66. The summed E-state index contributed by atoms with van der Waals surface area (Å²) >= 11 is 0. The molecule has 1 atom stereocenters. The number of pyridine rings is 1. The summed E-state index contributed by atoms with van der Waals surface area (Å²) < 4.78 is 27.3. The first kappa shape index (κ1) is 21.9. The summed E-state index contributed by atoms with van der Waals surface area (Å²) in [6, 6.07) is 10.6. The Morgan fingerprint density at radius 3 is 2.85 bits per heavy atom. The number of benzene rings is 1. The van der Waals surface area contributed by atoms with Crippen LogP contribution in [0.15, 0.2) is 58.1 Å². The summed E-state index contributed by atoms with van der Waals surface area (Å²) in [4.78, 5) is 27.5. The fourth-order valence-electron chi connectivity index (χ4n) is 4.03. The maximum absolute atomic E-state index is 14.3. The maximum Gasteiger partial charge on any atom is 0.257 e. The van der Waals surface area contributed by atoms with Crippen LogP contribution in [0.5, 0.6) is 0 Å². The zero-order valence-electron chi connectivity index (χ0n) is 18.8. The Morgan fingerprint density at radius 2 is 2.06 bits per heavy atom. The van der Waals surface area contributed by atoms with Crippen molar-refractivity contribution in [3.8, 4) is 22.7 Å². The minimum absolute atomic E-state index is 0.235. The van der Waals surface area contributed by atoms with Crippen LogP contribution in [0, 0.1) is 12.7 Å². The van der Waals surface area contributed by atoms with Crippen LogP contribution < -0.4 is 10.5 Å². The van der Waals surface area contributed by atoms with E-state index in [4.69, 9.17) is 9.26 Å². The highest BCUT2D eigenvalue weighted by atomic mass is 19.1. The number of hydrogen-bond donors (Lipinski definition) is 0. The number of nitrogens with zero attached hydrogens (tertiary/aromatic N) is 6. The molecule has 1 fully saturated rings. The van der Waals surface area contributed by atoms with Crippen molar-refractivity contribution in [2.45, 2.75) is 19.4 Å². The molecule has 4 aromatic rings. The molecule has 0 N–H and O–H groups in total. The van der Waals surface area contributed by atoms with Gasteiger partial charge in [0, 0.05) is 43.6 Å². The number of ether oxygens (including phenoxy) is 1. The molecule has 3 aromatic heterocycles. The van der Waals surface area contributed by atoms with E-state index < -0.39 is 5.82 Å². The van der Waals surface area contributed by atoms with Gasteiger partial charge >= 0.3 is 0 Å². The predicted octanol–water partition coefficient (Wildman–Crippen LogP) is 3.31. The zero-order chi connectivity index (χ0) is 23.7. The van der Waals surface area contributed by atoms with Gasteiger partial charge in [-0.15, -0.1) is 0 Å². The van der Waals surface area contributed by atoms with Crippen molar-refractivity contribution < 1.29 is 13.7 Å². The molecule has 0 radical (unpaired) electrons. The van der Waals surface area contributed by atoms with Crippen LogP contribution >= 0.6 is 0 Å². The number of halogens is 1. The van der Waals surface area contributed by atoms with Crippen LogP contribution in [-0.4, -0.2) is 44.4 Å². The molecule has 9 nitrogen and oxygen atoms in total. The van der Waals surface area contributed by atoms with E-state index in [1.165, 1.54) is 22.9 Å². The van der Waals surface area contributed by atoms with Gasteiger partial charge in [-0.1, -0.05) is 17.3 Å². The molecule has 0 amide bonds. The summed E-state index contributed by atoms with van der Waals surface area (Å²) in [5.41, 5.74) is 1.99. The third-order valence-corrected chi connectivity index (χ3v) is 5.75. The van der Waals surface area contributed by atoms with Gasteiger partial charge in [0.1, 0.15) is 6.10 Å². The summed E-state index contributed by atoms with van der Waals surface area (Å²) in [5.74, 6) is 0.938. The van der Waals surface area contributed by atoms with Gasteiger partial charge in [0.2, 0.25) is 5.95 Å². The molecule has 10 heteroatoms. The second-order valence-corrected chi connectivity index (χ2v) is 8.13. The summed E-state index contributed by atoms with van der Waals surface area (Å²) in [5, 5.41) is 3.86. The van der Waals surface area contributed by atoms with Gasteiger partial charge in [0.25, 0.3) is 11.4 Å². The van der Waals surface area contributed by atoms with Gasteiger partial charge in [-0.05, 0) is 37.1 Å². The molecule has 0 saturated carbocycles. The van der Waals surface area contributed by atoms with E-state index >= 15 is 0 Å². The lowest BCUT2D eigenvalue weighted by atomic mass is 10.1. The molecule has 1 aromatic carbocycles. The highest BCUT2D eigenvalue weighted by molar-refractivity contribution is 5.60. The quantitative estimate of drug-likeness (QED) is 0.456. The van der Waals surface area contributed by atoms with Gasteiger partial charge < -0.3 is 14.2 Å². The van der Waals surface area contributed by atoms with E-state index in [1.54, 1.807) is 14.0 Å². The normalized spacial score (nSPS) is 16.4. The molecule has 0 unspecified atom stereocenters. The number of rotatable bonds is 4. The minimum Gasteiger partial charge on any atom is -0.372 e. The summed E-state index contributed by atoms with van der Waals surface area (Å²) in [6.07, 6.45) is 3.07. The van der Waals surface area contributed by atoms with Crippen molar-refractivity contribution in [3.63, 3.8) is 0 Å². The number of aryl methyl sites for hydroxylation is 1. The molecule has 0 aliphatic carbocycles. The van der Waals surface area contributed by atoms with Gasteiger partial charge in [-0.3, -0.25) is 14.3 Å². The highest BCUT2D eigenvalue weighted by Crippen LogP contribution is 2.29. The van der Waals surface area contributed by atoms with E-state index in [2.05, 4.69) is 20.1 Å². The topological polar surface area (TPSA) is 99.2 Å². The minimum atomic E-state index is -0.528. The molecular weight excluding hydrogens is 439 g/mol. The van der Waals surface area contributed by atoms with E-state index in [1.807, 2.05) is 29.2 Å². The lowest BCUT2D eigenvalue weighted by Gasteiger charge is -2.27. The first-order valence-electron chi connectivity index (χ1n) is 10.9. The van der Waals surface area contributed by atoms with Crippen molar-refractivity contribution in [3.05, 3.63) is 76.4 Å². The molecule has 0 spiro atoms. The molecule has 0 bridgehead atoms. The largest absolute Gasteiger partial charge is 0.372 e. The smallest absolute Gasteiger partial charge is 0.257 e. The van der Waals surface area contributed by atoms with Crippen LogP contribution in [0.25, 0.3) is 22.7 Å². The Morgan fingerprint density at radius 1 is 1.18 bits per heavy atom. The van der Waals surface area contributed by atoms with Crippen LogP contribution in [0.4, 0.5) is 10.3 Å². The first-order chi connectivity index (χ1) is 16.5. The lowest BCUT2D eigenvalue weighted by Crippen LogP contribution is -2.34. The fourth-order valence-corrected chi connectivity index (χ4v) is 4.03. The Hall–Kier alpha value is -3.92. The molecule has 5 rings (SSSR count). The second-order valence-electron chi connectivity index (χ2n) is 8.13. The molecular formula is C24H23FN6O3. The Kier molecular flexibility index (Phi) is 5.89. The third kappa shape index (κ3) is 4.32. The second kappa shape index (κ2) is 9.14. The van der Waals surface area contributed by atoms with Crippen molar-refractivity contribution in [2.24, 2.45) is 7.05 Å². The van der Waals surface area contributed by atoms with Crippen LogP contribution in [0.3, 0.4) is 0 Å². The van der Waals surface area contributed by atoms with E-state index in [0.717, 1.165) is 23.7 Å². The Bertz CT molecular complexity index is 1390. The molecule has 1 aliphatic rings. The van der Waals surface area contributed by atoms with Crippen LogP contribution in [0.2, 0.25) is 0 Å². The molecule has 1 saturated heterocycles. The average Bonchev–Trinajstić information content (AvgIpc) is 3.13. The molecule has 174 valence electrons. The van der Waals surface area contributed by atoms with Crippen molar-refractivity contribution in [1.29, 1.82) is 0 Å². The van der Waals surface area contributed by atoms with E-state index in [9.17, 15) is 9.18 Å². The third-order valence-electron chi connectivity index (χ3n) is 5.75. The molecule has 34 heavy (non-hydrogen) atoms. The monoisotopic (exact) mass is 462 g/mol. The summed E-state index contributed by atoms with van der Waals surface area (Å²) in [6.45, 7) is 3.43. The maximum atomic E-state index is 14.3. The molecule has 1 aliphatic heterocycles. The van der Waals surface area contributed by atoms with E-state index in [0.29, 0.717) is 37.4 Å². The lowest BCUT2D eigenvalue weighted by molar-refractivity contribution is 0.0686. The number of aromatic nitrogens is 5. The van der Waals surface area contributed by atoms with Crippen molar-refractivity contribution >= 4 is 5.95 Å². The fraction of sp³-hybridized carbons (Fsp3) is 0.292. The van der Waals surface area contributed by atoms with Crippen molar-refractivity contribution in [1.82, 2.24) is 24.7 Å². The van der Waals surface area contributed by atoms with Gasteiger partial charge in [-0.25, -0.2) is 9.37 Å². The van der Waals surface area contributed by atoms with Gasteiger partial charge in [0.05, 0.1) is 18.4 Å². The van der Waals surface area contributed by atoms with Crippen LogP contribution in [-0.2, 0) is 11.8 Å². The number of hydrogen-bond acceptors (Lipinski definition) is 8. The Balaban J connectivity index is 1.49. The highest BCUT2D eigenvalue weighted by Gasteiger charge is 2.25. The zero-order valence-corrected chi connectivity index (χ0v) is 18.8. The van der Waals surface area contributed by atoms with Gasteiger partial charge in [0.15, 0.2) is 11.6 Å². The Labute approximate surface area is 194 Å². The van der Waals surface area contributed by atoms with Crippen molar-refractivity contribution in [2.75, 3.05) is 24.6 Å². The predicted molar refractivity (Wildman–Crippen MR) is 123 cm³/mol. The molecule has 4 heterocycles. The van der Waals surface area contributed by atoms with Crippen LogP contribution in [0.1, 0.15) is 23.9 Å². The van der Waals surface area contributed by atoms with Gasteiger partial charge in [-0.2, -0.15) is 4.98 Å². The standard InChI is InChI=1S/C24H23FN6O3/c1-15-27-23(34-29-15)17-6-3-5-16(11-17)21-14-31(9-4-10-33-21)24-28-20(12-22(32)30(24)2)18-7-8-26-13-19(18)25/h3,5-8,11-13,21H,4,9-10,14H2,1-2H3/t21-/m0/s1. The first-order valence-corrected chi connectivity index (χ1v) is 10.9. The number of anilines is 1.